The van der Waals surface area contributed by atoms with E-state index in [1.54, 1.807) is 29.2 Å². The number of carbonyl (C=O) groups excluding carboxylic acids is 3. The number of hydrogen-bond acceptors (Lipinski definition) is 8. The normalized spacial score (nSPS) is 14.2. The first-order chi connectivity index (χ1) is 18.9. The first kappa shape index (κ1) is 26.1. The van der Waals surface area contributed by atoms with Gasteiger partial charge in [0.2, 0.25) is 5.91 Å². The van der Waals surface area contributed by atoms with Gasteiger partial charge in [-0.3, -0.25) is 14.4 Å². The van der Waals surface area contributed by atoms with E-state index in [0.717, 1.165) is 35.3 Å². The molecular weight excluding hydrogens is 498 g/mol. The number of rotatable bonds is 7. The van der Waals surface area contributed by atoms with Crippen LogP contribution in [0.15, 0.2) is 48.8 Å². The van der Waals surface area contributed by atoms with Gasteiger partial charge in [-0.2, -0.15) is 0 Å². The second-order valence-electron chi connectivity index (χ2n) is 9.42. The lowest BCUT2D eigenvalue weighted by atomic mass is 10.00. The van der Waals surface area contributed by atoms with Gasteiger partial charge in [0.15, 0.2) is 5.82 Å². The molecule has 202 valence electrons. The van der Waals surface area contributed by atoms with E-state index in [0.29, 0.717) is 49.1 Å². The maximum atomic E-state index is 13.4. The third kappa shape index (κ3) is 5.01. The number of esters is 1. The number of methoxy groups -OCH3 is 1. The van der Waals surface area contributed by atoms with Gasteiger partial charge in [0.05, 0.1) is 30.7 Å². The summed E-state index contributed by atoms with van der Waals surface area (Å²) in [6.07, 6.45) is 5.29. The number of carbonyl (C=O) groups is 3. The second kappa shape index (κ2) is 11.1. The lowest BCUT2D eigenvalue weighted by Gasteiger charge is -2.30. The number of pyridine rings is 2. The number of aromatic nitrogens is 2. The van der Waals surface area contributed by atoms with Gasteiger partial charge < -0.3 is 24.2 Å². The molecule has 0 radical (unpaired) electrons. The monoisotopic (exact) mass is 529 g/mol. The highest BCUT2D eigenvalue weighted by Gasteiger charge is 2.31. The molecule has 0 saturated heterocycles. The molecule has 2 aromatic heterocycles. The molecule has 3 aromatic rings. The molecule has 39 heavy (non-hydrogen) atoms. The van der Waals surface area contributed by atoms with Crippen LogP contribution in [0.25, 0.3) is 0 Å². The molecule has 10 nitrogen and oxygen atoms in total. The van der Waals surface area contributed by atoms with Gasteiger partial charge in [0.1, 0.15) is 18.0 Å². The molecule has 2 aliphatic rings. The minimum atomic E-state index is -0.555. The highest BCUT2D eigenvalue weighted by atomic mass is 16.5. The standard InChI is InChI=1S/C29H31N5O5/c1-4-33-27-21(29(37)32(2)23-10-6-13-30-28(23)33)16-19(18-31-27)12-15-39-24-11-5-9-22-20(24)8-7-14-34(22)25(35)17-26(36)38-3/h5-6,9-11,13,16,18H,4,7-8,12,14-15,17H2,1-3H3. The van der Waals surface area contributed by atoms with Gasteiger partial charge in [0, 0.05) is 44.5 Å². The number of anilines is 4. The van der Waals surface area contributed by atoms with Crippen molar-refractivity contribution < 1.29 is 23.9 Å². The fourth-order valence-electron chi connectivity index (χ4n) is 5.11. The molecule has 4 heterocycles. The summed E-state index contributed by atoms with van der Waals surface area (Å²) in [5.41, 5.74) is 3.85. The van der Waals surface area contributed by atoms with Crippen LogP contribution < -0.4 is 19.4 Å². The summed E-state index contributed by atoms with van der Waals surface area (Å²) < 4.78 is 10.8. The molecule has 5 rings (SSSR count). The smallest absolute Gasteiger partial charge is 0.315 e. The van der Waals surface area contributed by atoms with Gasteiger partial charge in [-0.05, 0) is 55.7 Å². The zero-order valence-electron chi connectivity index (χ0n) is 22.3. The van der Waals surface area contributed by atoms with Crippen LogP contribution in [0.5, 0.6) is 5.75 Å². The Morgan fingerprint density at radius 3 is 2.69 bits per heavy atom. The Bertz CT molecular complexity index is 1420. The SMILES string of the molecule is CCN1c2ncc(CCOc3cccc4c3CCCN4C(=O)CC(=O)OC)cc2C(=O)N(C)c2cccnc21. The zero-order valence-corrected chi connectivity index (χ0v) is 22.3. The Balaban J connectivity index is 1.33. The minimum Gasteiger partial charge on any atom is -0.493 e. The van der Waals surface area contributed by atoms with Crippen LogP contribution >= 0.6 is 0 Å². The molecule has 2 aliphatic heterocycles. The summed E-state index contributed by atoms with van der Waals surface area (Å²) in [6.45, 7) is 3.54. The van der Waals surface area contributed by atoms with E-state index in [9.17, 15) is 14.4 Å². The first-order valence-electron chi connectivity index (χ1n) is 13.0. The maximum absolute atomic E-state index is 13.4. The molecule has 0 bridgehead atoms. The predicted molar refractivity (Wildman–Crippen MR) is 147 cm³/mol. The molecular formula is C29H31N5O5. The average Bonchev–Trinajstić information content (AvgIpc) is 3.05. The van der Waals surface area contributed by atoms with Crippen molar-refractivity contribution in [1.29, 1.82) is 0 Å². The lowest BCUT2D eigenvalue weighted by Crippen LogP contribution is -2.36. The lowest BCUT2D eigenvalue weighted by molar-refractivity contribution is -0.143. The number of nitrogens with zero attached hydrogens (tertiary/aromatic N) is 5. The number of benzene rings is 1. The Labute approximate surface area is 227 Å². The fourth-order valence-corrected chi connectivity index (χ4v) is 5.11. The van der Waals surface area contributed by atoms with E-state index in [1.807, 2.05) is 48.2 Å². The summed E-state index contributed by atoms with van der Waals surface area (Å²) in [6, 6.07) is 11.2. The van der Waals surface area contributed by atoms with Crippen LogP contribution in [0.3, 0.4) is 0 Å². The maximum Gasteiger partial charge on any atom is 0.315 e. The zero-order chi connectivity index (χ0) is 27.5. The van der Waals surface area contributed by atoms with Crippen molar-refractivity contribution in [1.82, 2.24) is 9.97 Å². The van der Waals surface area contributed by atoms with Gasteiger partial charge in [-0.1, -0.05) is 6.07 Å². The third-order valence-electron chi connectivity index (χ3n) is 7.09. The van der Waals surface area contributed by atoms with Crippen molar-refractivity contribution in [3.8, 4) is 5.75 Å². The fraction of sp³-hybridized carbons (Fsp3) is 0.345. The van der Waals surface area contributed by atoms with Crippen LogP contribution in [-0.4, -0.2) is 61.6 Å². The van der Waals surface area contributed by atoms with Crippen molar-refractivity contribution >= 4 is 40.8 Å². The van der Waals surface area contributed by atoms with Gasteiger partial charge in [-0.15, -0.1) is 0 Å². The quantitative estimate of drug-likeness (QED) is 0.337. The van der Waals surface area contributed by atoms with Crippen LogP contribution in [0.4, 0.5) is 23.0 Å². The van der Waals surface area contributed by atoms with Crippen LogP contribution in [0, 0.1) is 0 Å². The summed E-state index contributed by atoms with van der Waals surface area (Å²) in [4.78, 5) is 52.1. The summed E-state index contributed by atoms with van der Waals surface area (Å²) in [7, 11) is 3.02. The average molecular weight is 530 g/mol. The number of fused-ring (bicyclic) bond motifs is 3. The Morgan fingerprint density at radius 2 is 1.90 bits per heavy atom. The first-order valence-corrected chi connectivity index (χ1v) is 13.0. The molecule has 10 heteroatoms. The predicted octanol–water partition coefficient (Wildman–Crippen LogP) is 3.69. The van der Waals surface area contributed by atoms with E-state index < -0.39 is 5.97 Å². The van der Waals surface area contributed by atoms with Crippen molar-refractivity contribution in [2.45, 2.75) is 32.6 Å². The van der Waals surface area contributed by atoms with E-state index >= 15 is 0 Å². The van der Waals surface area contributed by atoms with Crippen LogP contribution in [0.1, 0.15) is 41.3 Å². The molecule has 0 saturated carbocycles. The van der Waals surface area contributed by atoms with Gasteiger partial charge in [0.25, 0.3) is 5.91 Å². The Hall–Kier alpha value is -4.47. The molecule has 0 fully saturated rings. The minimum absolute atomic E-state index is 0.140. The third-order valence-corrected chi connectivity index (χ3v) is 7.09. The van der Waals surface area contributed by atoms with E-state index in [1.165, 1.54) is 7.11 Å². The summed E-state index contributed by atoms with van der Waals surface area (Å²) in [5, 5.41) is 0. The number of ether oxygens (including phenoxy) is 2. The Kier molecular flexibility index (Phi) is 7.44. The number of amides is 2. The van der Waals surface area contributed by atoms with Crippen molar-refractivity contribution in [3.63, 3.8) is 0 Å². The van der Waals surface area contributed by atoms with Crippen molar-refractivity contribution in [2.75, 3.05) is 48.6 Å². The molecule has 2 amide bonds. The van der Waals surface area contributed by atoms with Crippen molar-refractivity contribution in [2.24, 2.45) is 0 Å². The topological polar surface area (TPSA) is 105 Å². The van der Waals surface area contributed by atoms with Crippen molar-refractivity contribution in [3.05, 3.63) is 65.5 Å². The molecule has 0 unspecified atom stereocenters. The molecule has 1 aromatic carbocycles. The summed E-state index contributed by atoms with van der Waals surface area (Å²) in [5.74, 6) is 1.01. The van der Waals surface area contributed by atoms with Gasteiger partial charge >= 0.3 is 5.97 Å². The van der Waals surface area contributed by atoms with E-state index in [-0.39, 0.29) is 18.2 Å². The highest BCUT2D eigenvalue weighted by Crippen LogP contribution is 2.38. The molecule has 0 spiro atoms. The molecule has 0 aliphatic carbocycles. The molecule has 0 atom stereocenters. The van der Waals surface area contributed by atoms with E-state index in [2.05, 4.69) is 14.7 Å². The van der Waals surface area contributed by atoms with E-state index in [4.69, 9.17) is 4.74 Å². The van der Waals surface area contributed by atoms with Gasteiger partial charge in [-0.25, -0.2) is 9.97 Å². The van der Waals surface area contributed by atoms with Crippen LogP contribution in [0.2, 0.25) is 0 Å². The second-order valence-corrected chi connectivity index (χ2v) is 9.42. The number of hydrogen-bond donors (Lipinski definition) is 0. The molecule has 0 N–H and O–H groups in total. The largest absolute Gasteiger partial charge is 0.493 e. The van der Waals surface area contributed by atoms with Crippen LogP contribution in [-0.2, 0) is 27.2 Å². The Morgan fingerprint density at radius 1 is 1.08 bits per heavy atom. The summed E-state index contributed by atoms with van der Waals surface area (Å²) >= 11 is 0. The highest BCUT2D eigenvalue weighted by molar-refractivity contribution is 6.12.